The van der Waals surface area contributed by atoms with E-state index in [1.165, 1.54) is 12.1 Å². The fourth-order valence-corrected chi connectivity index (χ4v) is 4.03. The van der Waals surface area contributed by atoms with E-state index in [4.69, 9.17) is 5.73 Å². The van der Waals surface area contributed by atoms with E-state index in [-0.39, 0.29) is 17.8 Å². The van der Waals surface area contributed by atoms with Crippen LogP contribution in [0.4, 0.5) is 4.39 Å². The second-order valence-corrected chi connectivity index (χ2v) is 7.75. The van der Waals surface area contributed by atoms with Crippen LogP contribution in [0.1, 0.15) is 30.4 Å². The maximum absolute atomic E-state index is 13.1. The molecule has 29 heavy (non-hydrogen) atoms. The molecule has 1 aliphatic rings. The largest absolute Gasteiger partial charge is 0.480 e. The number of hydrazine groups is 1. The number of fused-ring (bicyclic) bond motifs is 1. The van der Waals surface area contributed by atoms with Crippen molar-refractivity contribution in [2.24, 2.45) is 5.73 Å². The van der Waals surface area contributed by atoms with Crippen LogP contribution in [0.15, 0.2) is 54.7 Å². The molecule has 2 aromatic carbocycles. The molecule has 0 bridgehead atoms. The van der Waals surface area contributed by atoms with Gasteiger partial charge in [0.1, 0.15) is 11.9 Å². The number of nitrogens with zero attached hydrogens (tertiary/aromatic N) is 1. The smallest absolute Gasteiger partial charge is 0.324 e. The third kappa shape index (κ3) is 4.17. The van der Waals surface area contributed by atoms with E-state index >= 15 is 0 Å². The predicted octanol–water partition coefficient (Wildman–Crippen LogP) is 2.97. The van der Waals surface area contributed by atoms with Gasteiger partial charge in [0.25, 0.3) is 0 Å². The van der Waals surface area contributed by atoms with Crippen LogP contribution in [0.3, 0.4) is 0 Å². The first kappa shape index (κ1) is 19.6. The Morgan fingerprint density at radius 3 is 2.72 bits per heavy atom. The molecule has 3 aromatic rings. The number of carboxylic acids is 1. The van der Waals surface area contributed by atoms with Crippen molar-refractivity contribution >= 4 is 16.9 Å². The Morgan fingerprint density at radius 2 is 2.00 bits per heavy atom. The van der Waals surface area contributed by atoms with E-state index in [0.29, 0.717) is 12.8 Å². The molecule has 1 aliphatic heterocycles. The van der Waals surface area contributed by atoms with Crippen molar-refractivity contribution in [3.05, 3.63) is 71.7 Å². The van der Waals surface area contributed by atoms with Gasteiger partial charge in [0.05, 0.1) is 12.2 Å². The van der Waals surface area contributed by atoms with Gasteiger partial charge in [-0.05, 0) is 48.1 Å². The molecule has 1 aromatic heterocycles. The first-order valence-corrected chi connectivity index (χ1v) is 9.77. The SMILES string of the molecule is CC(CC(N)NN1[C@H](Cc2c[nH]c3ccccc23)[C@@H]1C(=O)O)c1ccc(F)cc1. The number of rotatable bonds is 8. The maximum Gasteiger partial charge on any atom is 0.324 e. The summed E-state index contributed by atoms with van der Waals surface area (Å²) in [6.07, 6.45) is 2.77. The van der Waals surface area contributed by atoms with Gasteiger partial charge in [-0.3, -0.25) is 4.79 Å². The first-order chi connectivity index (χ1) is 13.9. The summed E-state index contributed by atoms with van der Waals surface area (Å²) in [4.78, 5) is 14.9. The number of hydrogen-bond acceptors (Lipinski definition) is 4. The van der Waals surface area contributed by atoms with Crippen LogP contribution in [0.25, 0.3) is 10.9 Å². The molecule has 7 heteroatoms. The number of nitrogens with one attached hydrogen (secondary N) is 2. The van der Waals surface area contributed by atoms with Crippen LogP contribution in [0.5, 0.6) is 0 Å². The van der Waals surface area contributed by atoms with Crippen molar-refractivity contribution in [3.8, 4) is 0 Å². The third-order valence-corrected chi connectivity index (χ3v) is 5.65. The van der Waals surface area contributed by atoms with E-state index in [2.05, 4.69) is 10.4 Å². The molecule has 0 spiro atoms. The van der Waals surface area contributed by atoms with Crippen LogP contribution >= 0.6 is 0 Å². The summed E-state index contributed by atoms with van der Waals surface area (Å²) in [5.74, 6) is -1.01. The fraction of sp³-hybridized carbons (Fsp3) is 0.318. The molecule has 0 radical (unpaired) electrons. The summed E-state index contributed by atoms with van der Waals surface area (Å²) in [6.45, 7) is 2.02. The summed E-state index contributed by atoms with van der Waals surface area (Å²) in [7, 11) is 0. The Hall–Kier alpha value is -2.74. The summed E-state index contributed by atoms with van der Waals surface area (Å²) < 4.78 is 13.1. The number of carboxylic acid groups (broad SMARTS) is 1. The van der Waals surface area contributed by atoms with Crippen molar-refractivity contribution in [2.75, 3.05) is 0 Å². The zero-order chi connectivity index (χ0) is 20.5. The van der Waals surface area contributed by atoms with Gasteiger partial charge in [-0.2, -0.15) is 0 Å². The average molecular weight is 396 g/mol. The van der Waals surface area contributed by atoms with Crippen LogP contribution < -0.4 is 11.2 Å². The molecule has 3 unspecified atom stereocenters. The van der Waals surface area contributed by atoms with Gasteiger partial charge in [-0.1, -0.05) is 37.3 Å². The molecule has 0 aliphatic carbocycles. The van der Waals surface area contributed by atoms with Gasteiger partial charge in [0.15, 0.2) is 0 Å². The molecule has 1 fully saturated rings. The van der Waals surface area contributed by atoms with Crippen LogP contribution in [-0.2, 0) is 11.2 Å². The highest BCUT2D eigenvalue weighted by atomic mass is 19.1. The molecule has 6 nitrogen and oxygen atoms in total. The van der Waals surface area contributed by atoms with Crippen LogP contribution in [0.2, 0.25) is 0 Å². The molecule has 2 heterocycles. The minimum Gasteiger partial charge on any atom is -0.480 e. The number of halogens is 1. The van der Waals surface area contributed by atoms with Gasteiger partial charge in [0.2, 0.25) is 0 Å². The van der Waals surface area contributed by atoms with Gasteiger partial charge in [-0.25, -0.2) is 14.8 Å². The number of benzene rings is 2. The summed E-state index contributed by atoms with van der Waals surface area (Å²) in [5.41, 5.74) is 12.5. The second-order valence-electron chi connectivity index (χ2n) is 7.75. The average Bonchev–Trinajstić information content (AvgIpc) is 3.20. The molecule has 4 rings (SSSR count). The Kier molecular flexibility index (Phi) is 5.36. The number of para-hydroxylation sites is 1. The number of aliphatic carboxylic acids is 1. The molecule has 1 saturated heterocycles. The Labute approximate surface area is 168 Å². The van der Waals surface area contributed by atoms with Gasteiger partial charge in [0, 0.05) is 17.1 Å². The second kappa shape index (κ2) is 7.94. The molecule has 5 atom stereocenters. The van der Waals surface area contributed by atoms with Crippen molar-refractivity contribution in [1.29, 1.82) is 0 Å². The monoisotopic (exact) mass is 396 g/mol. The lowest BCUT2D eigenvalue weighted by molar-refractivity contribution is -0.137. The van der Waals surface area contributed by atoms with Crippen molar-refractivity contribution < 1.29 is 14.3 Å². The minimum absolute atomic E-state index is 0.119. The normalized spacial score (nSPS) is 23.1. The summed E-state index contributed by atoms with van der Waals surface area (Å²) >= 11 is 0. The minimum atomic E-state index is -0.860. The predicted molar refractivity (Wildman–Crippen MR) is 110 cm³/mol. The highest BCUT2D eigenvalue weighted by Crippen LogP contribution is 2.32. The van der Waals surface area contributed by atoms with E-state index in [1.54, 1.807) is 17.1 Å². The zero-order valence-electron chi connectivity index (χ0n) is 16.2. The Morgan fingerprint density at radius 1 is 1.28 bits per heavy atom. The fourth-order valence-electron chi connectivity index (χ4n) is 4.03. The van der Waals surface area contributed by atoms with Gasteiger partial charge >= 0.3 is 5.97 Å². The van der Waals surface area contributed by atoms with Gasteiger partial charge in [-0.15, -0.1) is 0 Å². The molecule has 0 saturated carbocycles. The van der Waals surface area contributed by atoms with E-state index in [0.717, 1.165) is 22.0 Å². The molecule has 5 N–H and O–H groups in total. The van der Waals surface area contributed by atoms with Crippen molar-refractivity contribution in [2.45, 2.75) is 43.9 Å². The lowest BCUT2D eigenvalue weighted by Crippen LogP contribution is -2.43. The summed E-state index contributed by atoms with van der Waals surface area (Å²) in [6, 6.07) is 13.6. The quantitative estimate of drug-likeness (QED) is 0.347. The number of aromatic nitrogens is 1. The van der Waals surface area contributed by atoms with Gasteiger partial charge < -0.3 is 15.8 Å². The number of nitrogens with two attached hydrogens (primary N) is 1. The third-order valence-electron chi connectivity index (χ3n) is 5.65. The molecule has 152 valence electrons. The molecule has 0 amide bonds. The Bertz CT molecular complexity index is 1000. The van der Waals surface area contributed by atoms with Crippen LogP contribution in [-0.4, -0.2) is 39.3 Å². The highest BCUT2D eigenvalue weighted by molar-refractivity contribution is 5.84. The maximum atomic E-state index is 13.1. The van der Waals surface area contributed by atoms with Crippen molar-refractivity contribution in [3.63, 3.8) is 0 Å². The highest BCUT2D eigenvalue weighted by Gasteiger charge is 2.53. The number of carbonyl (C=O) groups is 1. The zero-order valence-corrected chi connectivity index (χ0v) is 16.2. The topological polar surface area (TPSA) is 94.1 Å². The molecular formula is C22H25FN4O2. The van der Waals surface area contributed by atoms with Crippen molar-refractivity contribution in [1.82, 2.24) is 15.4 Å². The van der Waals surface area contributed by atoms with E-state index in [1.807, 2.05) is 37.4 Å². The number of H-pyrrole nitrogens is 1. The lowest BCUT2D eigenvalue weighted by atomic mass is 9.97. The van der Waals surface area contributed by atoms with E-state index in [9.17, 15) is 14.3 Å². The molecular weight excluding hydrogens is 371 g/mol. The lowest BCUT2D eigenvalue weighted by Gasteiger charge is -2.20. The van der Waals surface area contributed by atoms with Crippen LogP contribution in [0, 0.1) is 5.82 Å². The summed E-state index contributed by atoms with van der Waals surface area (Å²) in [5, 5.41) is 12.4. The van der Waals surface area contributed by atoms with E-state index < -0.39 is 18.2 Å². The number of hydrogen-bond donors (Lipinski definition) is 4. The Balaban J connectivity index is 1.39. The standard InChI is InChI=1S/C22H25FN4O2/c1-13(14-6-8-16(23)9-7-14)10-20(24)26-27-19(21(27)22(28)29)11-15-12-25-18-5-3-2-4-17(15)18/h2-9,12-13,19-21,25-26H,10-11,24H2,1H3,(H,28,29)/t13?,19-,20?,21-,27?/m1/s1. The number of aromatic amines is 1. The first-order valence-electron chi connectivity index (χ1n) is 9.77.